The number of hydrogen-bond donors (Lipinski definition) is 1. The number of nitrogens with one attached hydrogen (secondary N) is 1. The van der Waals surface area contributed by atoms with Crippen molar-refractivity contribution in [2.45, 2.75) is 31.4 Å². The first-order chi connectivity index (χ1) is 12.2. The van der Waals surface area contributed by atoms with Crippen molar-refractivity contribution in [3.05, 3.63) is 48.2 Å². The van der Waals surface area contributed by atoms with Gasteiger partial charge in [-0.3, -0.25) is 4.79 Å². The molecule has 6 nitrogen and oxygen atoms in total. The first-order valence-electron chi connectivity index (χ1n) is 8.05. The zero-order chi connectivity index (χ0) is 17.6. The van der Waals surface area contributed by atoms with E-state index in [0.717, 1.165) is 12.1 Å². The van der Waals surface area contributed by atoms with Crippen molar-refractivity contribution in [1.29, 1.82) is 0 Å². The summed E-state index contributed by atoms with van der Waals surface area (Å²) in [5, 5.41) is 11.0. The predicted octanol–water partition coefficient (Wildman–Crippen LogP) is 4.57. The van der Waals surface area contributed by atoms with Crippen LogP contribution in [0.5, 0.6) is 0 Å². The summed E-state index contributed by atoms with van der Waals surface area (Å²) in [6.07, 6.45) is 2.62. The highest BCUT2D eigenvalue weighted by Crippen LogP contribution is 2.24. The minimum absolute atomic E-state index is 0.126. The fourth-order valence-electron chi connectivity index (χ4n) is 2.22. The van der Waals surface area contributed by atoms with Gasteiger partial charge in [0.05, 0.1) is 12.0 Å². The fourth-order valence-corrected chi connectivity index (χ4v) is 2.79. The standard InChI is InChI=1S/C18H19N3O3S/c1-3-12(2)13-6-8-14(9-7-13)19-16(22)11-25-18-21-20-17(24-18)15-5-4-10-23-15/h4-10,12H,3,11H2,1-2H3,(H,19,22)/t12-/m0/s1. The maximum absolute atomic E-state index is 12.1. The number of aromatic nitrogens is 2. The average Bonchev–Trinajstić information content (AvgIpc) is 3.31. The van der Waals surface area contributed by atoms with Crippen LogP contribution in [0, 0.1) is 0 Å². The van der Waals surface area contributed by atoms with Gasteiger partial charge in [0.1, 0.15) is 0 Å². The molecular formula is C18H19N3O3S. The second kappa shape index (κ2) is 8.02. The molecule has 25 heavy (non-hydrogen) atoms. The molecule has 1 atom stereocenters. The first kappa shape index (κ1) is 17.3. The number of nitrogens with zero attached hydrogens (tertiary/aromatic N) is 2. The Bertz CT molecular complexity index is 812. The van der Waals surface area contributed by atoms with Crippen molar-refractivity contribution in [1.82, 2.24) is 10.2 Å². The molecule has 1 aromatic carbocycles. The molecule has 0 spiro atoms. The van der Waals surface area contributed by atoms with Gasteiger partial charge in [0.2, 0.25) is 5.91 Å². The average molecular weight is 357 g/mol. The summed E-state index contributed by atoms with van der Waals surface area (Å²) in [4.78, 5) is 12.1. The lowest BCUT2D eigenvalue weighted by Gasteiger charge is -2.10. The number of rotatable bonds is 7. The molecule has 130 valence electrons. The highest BCUT2D eigenvalue weighted by molar-refractivity contribution is 7.99. The van der Waals surface area contributed by atoms with Gasteiger partial charge in [-0.2, -0.15) is 0 Å². The van der Waals surface area contributed by atoms with E-state index in [2.05, 4.69) is 29.4 Å². The van der Waals surface area contributed by atoms with E-state index < -0.39 is 0 Å². The Balaban J connectivity index is 1.51. The molecule has 2 aromatic heterocycles. The van der Waals surface area contributed by atoms with Crippen LogP contribution in [0.1, 0.15) is 31.7 Å². The zero-order valence-corrected chi connectivity index (χ0v) is 14.9. The zero-order valence-electron chi connectivity index (χ0n) is 14.1. The molecular weight excluding hydrogens is 338 g/mol. The van der Waals surface area contributed by atoms with E-state index in [1.807, 2.05) is 24.3 Å². The maximum Gasteiger partial charge on any atom is 0.284 e. The number of amides is 1. The molecule has 0 saturated heterocycles. The fraction of sp³-hybridized carbons (Fsp3) is 0.278. The molecule has 3 rings (SSSR count). The van der Waals surface area contributed by atoms with E-state index >= 15 is 0 Å². The Labute approximate surface area is 150 Å². The smallest absolute Gasteiger partial charge is 0.284 e. The van der Waals surface area contributed by atoms with Crippen LogP contribution in [0.2, 0.25) is 0 Å². The third-order valence-electron chi connectivity index (χ3n) is 3.84. The van der Waals surface area contributed by atoms with Gasteiger partial charge in [-0.25, -0.2) is 0 Å². The van der Waals surface area contributed by atoms with Gasteiger partial charge < -0.3 is 14.2 Å². The molecule has 0 radical (unpaired) electrons. The Morgan fingerprint density at radius 2 is 2.04 bits per heavy atom. The van der Waals surface area contributed by atoms with Crippen LogP contribution in [-0.4, -0.2) is 21.9 Å². The Kier molecular flexibility index (Phi) is 5.55. The molecule has 1 N–H and O–H groups in total. The second-order valence-electron chi connectivity index (χ2n) is 5.62. The van der Waals surface area contributed by atoms with Crippen molar-refractivity contribution < 1.29 is 13.6 Å². The number of carbonyl (C=O) groups excluding carboxylic acids is 1. The summed E-state index contributed by atoms with van der Waals surface area (Å²) in [5.41, 5.74) is 2.05. The maximum atomic E-state index is 12.1. The van der Waals surface area contributed by atoms with E-state index in [1.165, 1.54) is 23.6 Å². The van der Waals surface area contributed by atoms with Gasteiger partial charge in [-0.05, 0) is 42.2 Å². The van der Waals surface area contributed by atoms with Crippen molar-refractivity contribution >= 4 is 23.4 Å². The third-order valence-corrected chi connectivity index (χ3v) is 4.66. The summed E-state index contributed by atoms with van der Waals surface area (Å²) in [5.74, 6) is 1.38. The predicted molar refractivity (Wildman–Crippen MR) is 96.5 cm³/mol. The lowest BCUT2D eigenvalue weighted by molar-refractivity contribution is -0.113. The van der Waals surface area contributed by atoms with E-state index in [1.54, 1.807) is 12.1 Å². The van der Waals surface area contributed by atoms with Gasteiger partial charge in [0.15, 0.2) is 5.76 Å². The summed E-state index contributed by atoms with van der Waals surface area (Å²) < 4.78 is 10.6. The quantitative estimate of drug-likeness (QED) is 0.624. The third kappa shape index (κ3) is 4.51. The minimum Gasteiger partial charge on any atom is -0.459 e. The molecule has 1 amide bonds. The van der Waals surface area contributed by atoms with Crippen LogP contribution >= 0.6 is 11.8 Å². The van der Waals surface area contributed by atoms with E-state index in [-0.39, 0.29) is 11.7 Å². The number of carbonyl (C=O) groups is 1. The molecule has 2 heterocycles. The molecule has 7 heteroatoms. The number of anilines is 1. The van der Waals surface area contributed by atoms with Crippen molar-refractivity contribution in [2.75, 3.05) is 11.1 Å². The lowest BCUT2D eigenvalue weighted by atomic mass is 9.99. The topological polar surface area (TPSA) is 81.2 Å². The van der Waals surface area contributed by atoms with Gasteiger partial charge >= 0.3 is 0 Å². The molecule has 0 saturated carbocycles. The van der Waals surface area contributed by atoms with Crippen LogP contribution in [0.4, 0.5) is 5.69 Å². The Hall–Kier alpha value is -2.54. The molecule has 0 aliphatic heterocycles. The van der Waals surface area contributed by atoms with Crippen molar-refractivity contribution in [2.24, 2.45) is 0 Å². The first-order valence-corrected chi connectivity index (χ1v) is 9.04. The van der Waals surface area contributed by atoms with Crippen LogP contribution in [0.25, 0.3) is 11.7 Å². The molecule has 0 unspecified atom stereocenters. The summed E-state index contributed by atoms with van der Waals surface area (Å²) in [6, 6.07) is 11.4. The van der Waals surface area contributed by atoms with Gasteiger partial charge in [0, 0.05) is 5.69 Å². The summed E-state index contributed by atoms with van der Waals surface area (Å²) in [7, 11) is 0. The number of hydrogen-bond acceptors (Lipinski definition) is 6. The van der Waals surface area contributed by atoms with Gasteiger partial charge in [0.25, 0.3) is 11.1 Å². The largest absolute Gasteiger partial charge is 0.459 e. The Morgan fingerprint density at radius 1 is 1.24 bits per heavy atom. The highest BCUT2D eigenvalue weighted by atomic mass is 32.2. The lowest BCUT2D eigenvalue weighted by Crippen LogP contribution is -2.14. The molecule has 0 bridgehead atoms. The van der Waals surface area contributed by atoms with E-state index in [4.69, 9.17) is 8.83 Å². The Morgan fingerprint density at radius 3 is 2.72 bits per heavy atom. The van der Waals surface area contributed by atoms with Crippen LogP contribution in [-0.2, 0) is 4.79 Å². The molecule has 0 aliphatic carbocycles. The second-order valence-corrected chi connectivity index (χ2v) is 6.55. The van der Waals surface area contributed by atoms with Gasteiger partial charge in [-0.1, -0.05) is 37.7 Å². The summed E-state index contributed by atoms with van der Waals surface area (Å²) in [6.45, 7) is 4.35. The number of benzene rings is 1. The molecule has 3 aromatic rings. The van der Waals surface area contributed by atoms with Gasteiger partial charge in [-0.15, -0.1) is 10.2 Å². The number of thioether (sulfide) groups is 1. The SMILES string of the molecule is CC[C@H](C)c1ccc(NC(=O)CSc2nnc(-c3ccco3)o2)cc1. The van der Waals surface area contributed by atoms with E-state index in [9.17, 15) is 4.79 Å². The normalized spacial score (nSPS) is 12.1. The molecule has 0 fully saturated rings. The molecule has 0 aliphatic rings. The summed E-state index contributed by atoms with van der Waals surface area (Å²) >= 11 is 1.18. The minimum atomic E-state index is -0.126. The van der Waals surface area contributed by atoms with E-state index in [0.29, 0.717) is 22.8 Å². The highest BCUT2D eigenvalue weighted by Gasteiger charge is 2.13. The van der Waals surface area contributed by atoms with Crippen LogP contribution in [0.3, 0.4) is 0 Å². The number of furan rings is 1. The monoisotopic (exact) mass is 357 g/mol. The van der Waals surface area contributed by atoms with Crippen molar-refractivity contribution in [3.63, 3.8) is 0 Å². The van der Waals surface area contributed by atoms with Crippen LogP contribution in [0.15, 0.2) is 56.7 Å². The van der Waals surface area contributed by atoms with Crippen LogP contribution < -0.4 is 5.32 Å². The van der Waals surface area contributed by atoms with Crippen molar-refractivity contribution in [3.8, 4) is 11.7 Å².